The Balaban J connectivity index is 2.33. The van der Waals surface area contributed by atoms with E-state index in [1.165, 1.54) is 30.4 Å². The smallest absolute Gasteiger partial charge is 0.158 e. The number of allylic oxidation sites excluding steroid dienone is 2. The molecule has 1 atom stereocenters. The van der Waals surface area contributed by atoms with Crippen molar-refractivity contribution in [1.82, 2.24) is 0 Å². The fraction of sp³-hybridized carbons (Fsp3) is 0.727. The summed E-state index contributed by atoms with van der Waals surface area (Å²) < 4.78 is 0. The molecule has 0 bridgehead atoms. The average Bonchev–Trinajstić information content (AvgIpc) is 2.07. The minimum Gasteiger partial charge on any atom is -0.295 e. The molecule has 1 heteroatoms. The van der Waals surface area contributed by atoms with Gasteiger partial charge >= 0.3 is 0 Å². The molecule has 0 saturated carbocycles. The molecule has 0 aliphatic heterocycles. The molecule has 0 radical (unpaired) electrons. The van der Waals surface area contributed by atoms with Crippen molar-refractivity contribution >= 4 is 5.78 Å². The van der Waals surface area contributed by atoms with Crippen LogP contribution in [0.4, 0.5) is 0 Å². The molecule has 0 N–H and O–H groups in total. The standard InChI is InChI=1S/C11H16O/c1-8-4-2-6-10-9(8)5-3-7-11(10)12/h8H,2-7H2,1H3. The topological polar surface area (TPSA) is 17.1 Å². The summed E-state index contributed by atoms with van der Waals surface area (Å²) in [5.74, 6) is 1.14. The van der Waals surface area contributed by atoms with Gasteiger partial charge in [-0.3, -0.25) is 4.79 Å². The van der Waals surface area contributed by atoms with Crippen molar-refractivity contribution in [1.29, 1.82) is 0 Å². The van der Waals surface area contributed by atoms with E-state index in [0.29, 0.717) is 11.7 Å². The first-order valence-electron chi connectivity index (χ1n) is 5.04. The molecule has 0 aromatic heterocycles. The zero-order valence-electron chi connectivity index (χ0n) is 7.73. The maximum absolute atomic E-state index is 11.5. The van der Waals surface area contributed by atoms with Crippen LogP contribution >= 0.6 is 0 Å². The van der Waals surface area contributed by atoms with Gasteiger partial charge in [0.25, 0.3) is 0 Å². The van der Waals surface area contributed by atoms with Crippen molar-refractivity contribution in [3.05, 3.63) is 11.1 Å². The van der Waals surface area contributed by atoms with Gasteiger partial charge in [-0.25, -0.2) is 0 Å². The predicted octanol–water partition coefficient (Wildman–Crippen LogP) is 2.86. The molecular weight excluding hydrogens is 148 g/mol. The minimum absolute atomic E-state index is 0.447. The number of hydrogen-bond acceptors (Lipinski definition) is 1. The molecule has 2 aliphatic carbocycles. The Bertz CT molecular complexity index is 237. The molecule has 1 unspecified atom stereocenters. The zero-order valence-corrected chi connectivity index (χ0v) is 7.73. The maximum atomic E-state index is 11.5. The Morgan fingerprint density at radius 3 is 2.75 bits per heavy atom. The summed E-state index contributed by atoms with van der Waals surface area (Å²) in [6, 6.07) is 0. The van der Waals surface area contributed by atoms with E-state index in [4.69, 9.17) is 0 Å². The third kappa shape index (κ3) is 1.21. The van der Waals surface area contributed by atoms with E-state index >= 15 is 0 Å². The molecule has 0 heterocycles. The monoisotopic (exact) mass is 164 g/mol. The van der Waals surface area contributed by atoms with Crippen LogP contribution in [0.3, 0.4) is 0 Å². The molecule has 0 saturated heterocycles. The van der Waals surface area contributed by atoms with Gasteiger partial charge in [-0.05, 0) is 43.6 Å². The summed E-state index contributed by atoms with van der Waals surface area (Å²) in [5.41, 5.74) is 2.71. The van der Waals surface area contributed by atoms with Gasteiger partial charge in [-0.1, -0.05) is 12.5 Å². The number of ketones is 1. The van der Waals surface area contributed by atoms with Gasteiger partial charge in [-0.15, -0.1) is 0 Å². The first-order chi connectivity index (χ1) is 5.79. The third-order valence-corrected chi connectivity index (χ3v) is 3.23. The highest BCUT2D eigenvalue weighted by Crippen LogP contribution is 2.36. The molecule has 12 heavy (non-hydrogen) atoms. The number of rotatable bonds is 0. The first kappa shape index (κ1) is 8.03. The number of Topliss-reactive ketones (excluding diaryl/α,β-unsaturated/α-hetero) is 1. The normalized spacial score (nSPS) is 30.4. The average molecular weight is 164 g/mol. The molecule has 0 aromatic carbocycles. The molecule has 2 aliphatic rings. The van der Waals surface area contributed by atoms with Crippen LogP contribution in [-0.2, 0) is 4.79 Å². The summed E-state index contributed by atoms with van der Waals surface area (Å²) in [6.45, 7) is 2.27. The van der Waals surface area contributed by atoms with E-state index in [2.05, 4.69) is 6.92 Å². The third-order valence-electron chi connectivity index (χ3n) is 3.23. The number of carbonyl (C=O) groups excluding carboxylic acids is 1. The largest absolute Gasteiger partial charge is 0.295 e. The van der Waals surface area contributed by atoms with E-state index in [9.17, 15) is 4.79 Å². The Morgan fingerprint density at radius 2 is 2.00 bits per heavy atom. The summed E-state index contributed by atoms with van der Waals surface area (Å²) in [4.78, 5) is 11.5. The molecular formula is C11H16O. The van der Waals surface area contributed by atoms with Crippen molar-refractivity contribution in [2.45, 2.75) is 45.4 Å². The second-order valence-electron chi connectivity index (χ2n) is 4.07. The minimum atomic E-state index is 0.447. The van der Waals surface area contributed by atoms with Crippen LogP contribution in [0.25, 0.3) is 0 Å². The summed E-state index contributed by atoms with van der Waals surface area (Å²) >= 11 is 0. The van der Waals surface area contributed by atoms with E-state index in [1.54, 1.807) is 0 Å². The molecule has 66 valence electrons. The van der Waals surface area contributed by atoms with E-state index < -0.39 is 0 Å². The maximum Gasteiger partial charge on any atom is 0.158 e. The van der Waals surface area contributed by atoms with Gasteiger partial charge < -0.3 is 0 Å². The van der Waals surface area contributed by atoms with E-state index in [0.717, 1.165) is 19.3 Å². The van der Waals surface area contributed by atoms with E-state index in [-0.39, 0.29) is 0 Å². The van der Waals surface area contributed by atoms with Gasteiger partial charge in [0.1, 0.15) is 0 Å². The lowest BCUT2D eigenvalue weighted by Gasteiger charge is -2.28. The Morgan fingerprint density at radius 1 is 1.17 bits per heavy atom. The van der Waals surface area contributed by atoms with Crippen LogP contribution < -0.4 is 0 Å². The number of carbonyl (C=O) groups is 1. The van der Waals surface area contributed by atoms with Gasteiger partial charge in [0.15, 0.2) is 5.78 Å². The van der Waals surface area contributed by atoms with Crippen LogP contribution in [-0.4, -0.2) is 5.78 Å². The van der Waals surface area contributed by atoms with Crippen LogP contribution in [0.5, 0.6) is 0 Å². The first-order valence-corrected chi connectivity index (χ1v) is 5.04. The van der Waals surface area contributed by atoms with Crippen molar-refractivity contribution in [3.63, 3.8) is 0 Å². The Kier molecular flexibility index (Phi) is 2.03. The lowest BCUT2D eigenvalue weighted by atomic mass is 9.76. The van der Waals surface area contributed by atoms with Crippen LogP contribution in [0, 0.1) is 5.92 Å². The SMILES string of the molecule is CC1CCCC2=C1CCCC2=O. The Hall–Kier alpha value is -0.590. The van der Waals surface area contributed by atoms with Crippen molar-refractivity contribution < 1.29 is 4.79 Å². The van der Waals surface area contributed by atoms with Crippen LogP contribution in [0.2, 0.25) is 0 Å². The highest BCUT2D eigenvalue weighted by atomic mass is 16.1. The highest BCUT2D eigenvalue weighted by molar-refractivity contribution is 5.97. The van der Waals surface area contributed by atoms with E-state index in [1.807, 2.05) is 0 Å². The lowest BCUT2D eigenvalue weighted by Crippen LogP contribution is -2.19. The fourth-order valence-corrected chi connectivity index (χ4v) is 2.52. The quantitative estimate of drug-likeness (QED) is 0.538. The molecule has 0 fully saturated rings. The van der Waals surface area contributed by atoms with Crippen molar-refractivity contribution in [2.75, 3.05) is 0 Å². The second kappa shape index (κ2) is 3.04. The van der Waals surface area contributed by atoms with Crippen LogP contribution in [0.1, 0.15) is 45.4 Å². The van der Waals surface area contributed by atoms with Gasteiger partial charge in [0.05, 0.1) is 0 Å². The Labute approximate surface area is 73.8 Å². The number of hydrogen-bond donors (Lipinski definition) is 0. The summed E-state index contributed by atoms with van der Waals surface area (Å²) in [7, 11) is 0. The molecule has 0 amide bonds. The summed E-state index contributed by atoms with van der Waals surface area (Å²) in [6.07, 6.45) is 6.70. The van der Waals surface area contributed by atoms with Gasteiger partial charge in [0.2, 0.25) is 0 Å². The highest BCUT2D eigenvalue weighted by Gasteiger charge is 2.26. The van der Waals surface area contributed by atoms with Crippen molar-refractivity contribution in [3.8, 4) is 0 Å². The molecule has 1 nitrogen and oxygen atoms in total. The molecule has 2 rings (SSSR count). The predicted molar refractivity (Wildman–Crippen MR) is 48.9 cm³/mol. The van der Waals surface area contributed by atoms with Crippen molar-refractivity contribution in [2.24, 2.45) is 5.92 Å². The van der Waals surface area contributed by atoms with Gasteiger partial charge in [0, 0.05) is 6.42 Å². The molecule has 0 spiro atoms. The van der Waals surface area contributed by atoms with Crippen LogP contribution in [0.15, 0.2) is 11.1 Å². The lowest BCUT2D eigenvalue weighted by molar-refractivity contribution is -0.116. The van der Waals surface area contributed by atoms with Gasteiger partial charge in [-0.2, -0.15) is 0 Å². The molecule has 0 aromatic rings. The second-order valence-corrected chi connectivity index (χ2v) is 4.07. The summed E-state index contributed by atoms with van der Waals surface area (Å²) in [5, 5.41) is 0. The fourth-order valence-electron chi connectivity index (χ4n) is 2.52. The zero-order chi connectivity index (χ0) is 8.55.